The minimum atomic E-state index is -0.813. The molecule has 2 amide bonds. The van der Waals surface area contributed by atoms with E-state index in [-0.39, 0.29) is 49.2 Å². The van der Waals surface area contributed by atoms with Crippen LogP contribution in [-0.2, 0) is 23.9 Å². The van der Waals surface area contributed by atoms with Crippen LogP contribution in [0.1, 0.15) is 36.7 Å². The Hall–Kier alpha value is -3.59. The molecule has 3 atom stereocenters. The maximum Gasteiger partial charge on any atom is 0.308 e. The highest BCUT2D eigenvalue weighted by Crippen LogP contribution is 2.26. The van der Waals surface area contributed by atoms with E-state index >= 15 is 0 Å². The molecule has 2 aromatic rings. The van der Waals surface area contributed by atoms with Gasteiger partial charge in [-0.3, -0.25) is 24.2 Å². The molecule has 178 valence electrons. The molecule has 1 aromatic heterocycles. The minimum Gasteiger partial charge on any atom is -0.435 e. The van der Waals surface area contributed by atoms with Crippen LogP contribution in [0.2, 0.25) is 0 Å². The smallest absolute Gasteiger partial charge is 0.308 e. The highest BCUT2D eigenvalue weighted by molar-refractivity contribution is 6.06. The van der Waals surface area contributed by atoms with E-state index in [4.69, 9.17) is 9.47 Å². The number of ether oxygens (including phenoxy) is 2. The third-order valence-corrected chi connectivity index (χ3v) is 5.92. The van der Waals surface area contributed by atoms with E-state index in [1.165, 1.54) is 4.90 Å². The number of carbonyl (C=O) groups is 4. The maximum absolute atomic E-state index is 13.2. The van der Waals surface area contributed by atoms with Crippen LogP contribution < -0.4 is 5.32 Å². The number of hydrogen-bond acceptors (Lipinski definition) is 7. The Labute approximate surface area is 197 Å². The predicted molar refractivity (Wildman–Crippen MR) is 123 cm³/mol. The molecule has 2 aliphatic rings. The number of esters is 1. The van der Waals surface area contributed by atoms with E-state index in [9.17, 15) is 19.2 Å². The largest absolute Gasteiger partial charge is 0.435 e. The molecule has 0 aliphatic carbocycles. The number of cyclic esters (lactones) is 1. The molecule has 2 aliphatic heterocycles. The van der Waals surface area contributed by atoms with Gasteiger partial charge in [0.25, 0.3) is 5.91 Å². The molecule has 4 rings (SSSR count). The van der Waals surface area contributed by atoms with Crippen molar-refractivity contribution in [3.8, 4) is 0 Å². The van der Waals surface area contributed by atoms with Crippen molar-refractivity contribution in [2.75, 3.05) is 19.7 Å². The van der Waals surface area contributed by atoms with Crippen LogP contribution in [0.25, 0.3) is 10.8 Å². The van der Waals surface area contributed by atoms with Crippen molar-refractivity contribution < 1.29 is 28.7 Å². The monoisotopic (exact) mass is 465 g/mol. The normalized spacial score (nSPS) is 22.5. The molecule has 1 saturated heterocycles. The SMILES string of the molecule is CCOC1OC(=O)C[C@@H]1CC(=O)CN1CC=CC[C@H](NC(=O)c2nccc3ccccc23)C1=O. The Bertz CT molecular complexity index is 1130. The first-order valence-electron chi connectivity index (χ1n) is 11.4. The van der Waals surface area contributed by atoms with E-state index in [1.807, 2.05) is 36.4 Å². The summed E-state index contributed by atoms with van der Waals surface area (Å²) in [6, 6.07) is 8.41. The first kappa shape index (κ1) is 23.6. The van der Waals surface area contributed by atoms with Crippen molar-refractivity contribution in [3.05, 3.63) is 54.4 Å². The van der Waals surface area contributed by atoms with Crippen LogP contribution in [0.4, 0.5) is 0 Å². The van der Waals surface area contributed by atoms with E-state index in [0.29, 0.717) is 18.4 Å². The summed E-state index contributed by atoms with van der Waals surface area (Å²) in [5.74, 6) is -1.75. The highest BCUT2D eigenvalue weighted by atomic mass is 16.7. The number of amides is 2. The van der Waals surface area contributed by atoms with Crippen molar-refractivity contribution >= 4 is 34.3 Å². The minimum absolute atomic E-state index is 0.0703. The number of ketones is 1. The van der Waals surface area contributed by atoms with E-state index in [0.717, 1.165) is 5.39 Å². The number of carbonyl (C=O) groups excluding carboxylic acids is 4. The standard InChI is InChI=1S/C25H27N3O6/c1-2-33-25-17(14-21(30)34-25)13-18(29)15-28-12-6-5-9-20(24(28)32)27-23(31)22-19-8-4-3-7-16(19)10-11-26-22/h3-8,10-11,17,20,25H,2,9,12-15H2,1H3,(H,27,31)/t17-,20-,25?/m0/s1. The Kier molecular flexibility index (Phi) is 7.32. The van der Waals surface area contributed by atoms with Crippen molar-refractivity contribution in [1.82, 2.24) is 15.2 Å². The average molecular weight is 466 g/mol. The number of aromatic nitrogens is 1. The third kappa shape index (κ3) is 5.31. The van der Waals surface area contributed by atoms with Crippen LogP contribution in [-0.4, -0.2) is 65.5 Å². The Morgan fingerprint density at radius 1 is 1.21 bits per heavy atom. The Morgan fingerprint density at radius 3 is 2.85 bits per heavy atom. The molecule has 3 heterocycles. The number of hydrogen-bond donors (Lipinski definition) is 1. The molecule has 9 heteroatoms. The molecule has 0 saturated carbocycles. The molecular formula is C25H27N3O6. The van der Waals surface area contributed by atoms with Gasteiger partial charge in [0.15, 0.2) is 5.78 Å². The lowest BCUT2D eigenvalue weighted by molar-refractivity contribution is -0.167. The summed E-state index contributed by atoms with van der Waals surface area (Å²) >= 11 is 0. The summed E-state index contributed by atoms with van der Waals surface area (Å²) in [7, 11) is 0. The van der Waals surface area contributed by atoms with Gasteiger partial charge in [0.2, 0.25) is 12.2 Å². The molecule has 1 fully saturated rings. The Balaban J connectivity index is 1.41. The van der Waals surface area contributed by atoms with Gasteiger partial charge in [-0.15, -0.1) is 0 Å². The topological polar surface area (TPSA) is 115 Å². The molecule has 0 spiro atoms. The van der Waals surface area contributed by atoms with Gasteiger partial charge >= 0.3 is 5.97 Å². The Morgan fingerprint density at radius 2 is 2.03 bits per heavy atom. The van der Waals surface area contributed by atoms with Gasteiger partial charge in [0.1, 0.15) is 11.7 Å². The summed E-state index contributed by atoms with van der Waals surface area (Å²) in [4.78, 5) is 56.1. The molecule has 1 aromatic carbocycles. The second-order valence-electron chi connectivity index (χ2n) is 8.35. The van der Waals surface area contributed by atoms with Gasteiger partial charge in [0, 0.05) is 37.1 Å². The fourth-order valence-corrected chi connectivity index (χ4v) is 4.29. The third-order valence-electron chi connectivity index (χ3n) is 5.92. The van der Waals surface area contributed by atoms with Crippen molar-refractivity contribution in [1.29, 1.82) is 0 Å². The van der Waals surface area contributed by atoms with Gasteiger partial charge in [-0.25, -0.2) is 0 Å². The number of fused-ring (bicyclic) bond motifs is 1. The lowest BCUT2D eigenvalue weighted by atomic mass is 9.99. The first-order chi connectivity index (χ1) is 16.5. The van der Waals surface area contributed by atoms with Crippen LogP contribution in [0.15, 0.2) is 48.7 Å². The number of Topliss-reactive ketones (excluding diaryl/α,β-unsaturated/α-hetero) is 1. The summed E-state index contributed by atoms with van der Waals surface area (Å²) < 4.78 is 10.5. The zero-order valence-electron chi connectivity index (χ0n) is 18.9. The maximum atomic E-state index is 13.2. The fourth-order valence-electron chi connectivity index (χ4n) is 4.29. The van der Waals surface area contributed by atoms with Crippen molar-refractivity contribution in [3.63, 3.8) is 0 Å². The zero-order valence-corrected chi connectivity index (χ0v) is 18.9. The predicted octanol–water partition coefficient (Wildman–Crippen LogP) is 2.01. The number of nitrogens with one attached hydrogen (secondary N) is 1. The number of pyridine rings is 1. The zero-order chi connectivity index (χ0) is 24.1. The lowest BCUT2D eigenvalue weighted by Crippen LogP contribution is -2.49. The number of benzene rings is 1. The second-order valence-corrected chi connectivity index (χ2v) is 8.35. The number of rotatable bonds is 8. The van der Waals surface area contributed by atoms with Crippen molar-refractivity contribution in [2.24, 2.45) is 5.92 Å². The molecular weight excluding hydrogens is 438 g/mol. The summed E-state index contributed by atoms with van der Waals surface area (Å²) in [5.41, 5.74) is 0.245. The van der Waals surface area contributed by atoms with Crippen LogP contribution >= 0.6 is 0 Å². The van der Waals surface area contributed by atoms with Gasteiger partial charge < -0.3 is 19.7 Å². The van der Waals surface area contributed by atoms with E-state index in [1.54, 1.807) is 19.2 Å². The van der Waals surface area contributed by atoms with Crippen LogP contribution in [0, 0.1) is 5.92 Å². The lowest BCUT2D eigenvalue weighted by Gasteiger charge is -2.25. The summed E-state index contributed by atoms with van der Waals surface area (Å²) in [6.07, 6.45) is 4.95. The highest BCUT2D eigenvalue weighted by Gasteiger charge is 2.37. The van der Waals surface area contributed by atoms with Gasteiger partial charge in [0.05, 0.1) is 13.0 Å². The van der Waals surface area contributed by atoms with Crippen LogP contribution in [0.3, 0.4) is 0 Å². The van der Waals surface area contributed by atoms with Gasteiger partial charge in [-0.2, -0.15) is 0 Å². The quantitative estimate of drug-likeness (QED) is 0.468. The first-order valence-corrected chi connectivity index (χ1v) is 11.4. The molecule has 1 unspecified atom stereocenters. The molecule has 0 bridgehead atoms. The second kappa shape index (κ2) is 10.6. The van der Waals surface area contributed by atoms with Crippen LogP contribution in [0.5, 0.6) is 0 Å². The average Bonchev–Trinajstić information content (AvgIpc) is 3.08. The van der Waals surface area contributed by atoms with Gasteiger partial charge in [-0.1, -0.05) is 36.4 Å². The van der Waals surface area contributed by atoms with Gasteiger partial charge in [-0.05, 0) is 24.8 Å². The molecule has 9 nitrogen and oxygen atoms in total. The summed E-state index contributed by atoms with van der Waals surface area (Å²) in [5, 5.41) is 4.36. The van der Waals surface area contributed by atoms with Crippen molar-refractivity contribution in [2.45, 2.75) is 38.5 Å². The van der Waals surface area contributed by atoms with E-state index < -0.39 is 24.2 Å². The fraction of sp³-hybridized carbons (Fsp3) is 0.400. The number of nitrogens with zero attached hydrogens (tertiary/aromatic N) is 2. The molecule has 1 N–H and O–H groups in total. The summed E-state index contributed by atoms with van der Waals surface area (Å²) in [6.45, 7) is 2.30. The molecule has 34 heavy (non-hydrogen) atoms. The van der Waals surface area contributed by atoms with E-state index in [2.05, 4.69) is 10.3 Å². The molecule has 0 radical (unpaired) electrons.